The van der Waals surface area contributed by atoms with Crippen LogP contribution < -0.4 is 10.6 Å². The van der Waals surface area contributed by atoms with Crippen LogP contribution in [0.15, 0.2) is 53.4 Å². The summed E-state index contributed by atoms with van der Waals surface area (Å²) in [6.45, 7) is 4.07. The molecule has 10 heteroatoms. The third kappa shape index (κ3) is 6.31. The second-order valence-corrected chi connectivity index (χ2v) is 10.7. The van der Waals surface area contributed by atoms with Crippen LogP contribution in [0.1, 0.15) is 37.0 Å². The van der Waals surface area contributed by atoms with Crippen LogP contribution in [0.5, 0.6) is 0 Å². The van der Waals surface area contributed by atoms with Gasteiger partial charge >= 0.3 is 0 Å². The topological polar surface area (TPSA) is 95.6 Å². The molecule has 1 atom stereocenters. The Kier molecular flexibility index (Phi) is 8.10. The molecule has 0 aromatic heterocycles. The van der Waals surface area contributed by atoms with Crippen LogP contribution in [-0.2, 0) is 14.8 Å². The molecule has 178 valence electrons. The van der Waals surface area contributed by atoms with Crippen molar-refractivity contribution in [2.75, 3.05) is 13.1 Å². The molecule has 33 heavy (non-hydrogen) atoms. The number of hydrogen-bond acceptors (Lipinski definition) is 4. The van der Waals surface area contributed by atoms with Gasteiger partial charge in [0.25, 0.3) is 5.91 Å². The molecule has 2 aromatic rings. The fourth-order valence-corrected chi connectivity index (χ4v) is 5.40. The number of benzene rings is 2. The van der Waals surface area contributed by atoms with Gasteiger partial charge in [0.1, 0.15) is 11.9 Å². The van der Waals surface area contributed by atoms with Crippen molar-refractivity contribution < 1.29 is 22.4 Å². The van der Waals surface area contributed by atoms with Crippen LogP contribution >= 0.6 is 11.6 Å². The molecule has 2 N–H and O–H groups in total. The van der Waals surface area contributed by atoms with E-state index >= 15 is 0 Å². The fourth-order valence-electron chi connectivity index (χ4n) is 3.80. The summed E-state index contributed by atoms with van der Waals surface area (Å²) in [4.78, 5) is 25.7. The molecule has 0 spiro atoms. The van der Waals surface area contributed by atoms with E-state index in [9.17, 15) is 22.4 Å². The maximum absolute atomic E-state index is 13.2. The van der Waals surface area contributed by atoms with E-state index in [-0.39, 0.29) is 41.4 Å². The van der Waals surface area contributed by atoms with Crippen molar-refractivity contribution in [2.45, 2.75) is 43.7 Å². The zero-order valence-corrected chi connectivity index (χ0v) is 20.0. The van der Waals surface area contributed by atoms with E-state index in [0.29, 0.717) is 17.9 Å². The van der Waals surface area contributed by atoms with Gasteiger partial charge < -0.3 is 10.6 Å². The number of rotatable bonds is 7. The summed E-state index contributed by atoms with van der Waals surface area (Å²) in [5, 5.41) is 6.03. The predicted octanol–water partition coefficient (Wildman–Crippen LogP) is 3.20. The Bertz CT molecular complexity index is 1080. The highest BCUT2D eigenvalue weighted by molar-refractivity contribution is 7.89. The van der Waals surface area contributed by atoms with Crippen molar-refractivity contribution in [3.05, 3.63) is 64.9 Å². The van der Waals surface area contributed by atoms with E-state index in [1.54, 1.807) is 0 Å². The first-order valence-electron chi connectivity index (χ1n) is 10.7. The standard InChI is InChI=1S/C23H27ClFN3O4S/c1-15(2)26-23(30)21(27-22(29)17-3-7-19(25)8-4-17)16-11-13-28(14-12-16)33(31,32)20-9-5-18(24)6-10-20/h3-10,15-16,21H,11-14H2,1-2H3,(H,26,30)(H,27,29). The average Bonchev–Trinajstić information content (AvgIpc) is 2.77. The van der Waals surface area contributed by atoms with E-state index in [4.69, 9.17) is 11.6 Å². The molecule has 2 amide bonds. The minimum atomic E-state index is -3.69. The molecule has 3 rings (SSSR count). The van der Waals surface area contributed by atoms with Crippen molar-refractivity contribution in [1.82, 2.24) is 14.9 Å². The highest BCUT2D eigenvalue weighted by atomic mass is 35.5. The van der Waals surface area contributed by atoms with Crippen molar-refractivity contribution in [3.63, 3.8) is 0 Å². The van der Waals surface area contributed by atoms with E-state index in [2.05, 4.69) is 10.6 Å². The quantitative estimate of drug-likeness (QED) is 0.616. The summed E-state index contributed by atoms with van der Waals surface area (Å²) >= 11 is 5.86. The van der Waals surface area contributed by atoms with Crippen molar-refractivity contribution in [2.24, 2.45) is 5.92 Å². The van der Waals surface area contributed by atoms with Crippen LogP contribution in [0.3, 0.4) is 0 Å². The lowest BCUT2D eigenvalue weighted by Crippen LogP contribution is -2.54. The second kappa shape index (κ2) is 10.6. The number of hydrogen-bond donors (Lipinski definition) is 2. The number of carbonyl (C=O) groups excluding carboxylic acids is 2. The number of sulfonamides is 1. The van der Waals surface area contributed by atoms with Crippen LogP contribution in [0.2, 0.25) is 5.02 Å². The maximum atomic E-state index is 13.2. The third-order valence-corrected chi connectivity index (χ3v) is 7.69. The summed E-state index contributed by atoms with van der Waals surface area (Å²) in [5.41, 5.74) is 0.237. The van der Waals surface area contributed by atoms with Crippen molar-refractivity contribution >= 4 is 33.4 Å². The molecular formula is C23H27ClFN3O4S. The highest BCUT2D eigenvalue weighted by Crippen LogP contribution is 2.27. The average molecular weight is 496 g/mol. The first-order chi connectivity index (χ1) is 15.6. The number of carbonyl (C=O) groups is 2. The Hall–Kier alpha value is -2.49. The normalized spacial score (nSPS) is 16.4. The van der Waals surface area contributed by atoms with Gasteiger partial charge in [0.15, 0.2) is 0 Å². The number of nitrogens with one attached hydrogen (secondary N) is 2. The lowest BCUT2D eigenvalue weighted by Gasteiger charge is -2.35. The molecule has 0 radical (unpaired) electrons. The Morgan fingerprint density at radius 1 is 1.00 bits per heavy atom. The zero-order valence-electron chi connectivity index (χ0n) is 18.4. The van der Waals surface area contributed by atoms with Crippen LogP contribution in [0.25, 0.3) is 0 Å². The molecule has 1 heterocycles. The summed E-state index contributed by atoms with van der Waals surface area (Å²) in [6, 6.07) is 10.1. The number of nitrogens with zero attached hydrogens (tertiary/aromatic N) is 1. The first-order valence-corrected chi connectivity index (χ1v) is 12.5. The van der Waals surface area contributed by atoms with Gasteiger partial charge in [-0.2, -0.15) is 4.31 Å². The van der Waals surface area contributed by atoms with Gasteiger partial charge in [0, 0.05) is 29.7 Å². The smallest absolute Gasteiger partial charge is 0.251 e. The number of piperidine rings is 1. The Morgan fingerprint density at radius 3 is 2.12 bits per heavy atom. The minimum absolute atomic E-state index is 0.131. The Morgan fingerprint density at radius 2 is 1.58 bits per heavy atom. The first kappa shape index (κ1) is 25.1. The minimum Gasteiger partial charge on any atom is -0.352 e. The molecule has 0 saturated carbocycles. The Balaban J connectivity index is 1.73. The van der Waals surface area contributed by atoms with Gasteiger partial charge in [-0.15, -0.1) is 0 Å². The van der Waals surface area contributed by atoms with Crippen LogP contribution in [0.4, 0.5) is 4.39 Å². The molecule has 0 aliphatic carbocycles. The largest absolute Gasteiger partial charge is 0.352 e. The summed E-state index contributed by atoms with van der Waals surface area (Å²) < 4.78 is 40.5. The Labute approximate surface area is 198 Å². The highest BCUT2D eigenvalue weighted by Gasteiger charge is 2.36. The van der Waals surface area contributed by atoms with Gasteiger partial charge in [0.05, 0.1) is 4.90 Å². The molecule has 1 saturated heterocycles. The van der Waals surface area contributed by atoms with E-state index in [1.807, 2.05) is 13.8 Å². The lowest BCUT2D eigenvalue weighted by atomic mass is 9.89. The summed E-state index contributed by atoms with van der Waals surface area (Å²) in [5.74, 6) is -1.55. The van der Waals surface area contributed by atoms with Gasteiger partial charge in [0.2, 0.25) is 15.9 Å². The molecular weight excluding hydrogens is 469 g/mol. The molecule has 0 bridgehead atoms. The van der Waals surface area contributed by atoms with E-state index < -0.39 is 27.8 Å². The SMILES string of the molecule is CC(C)NC(=O)C(NC(=O)c1ccc(F)cc1)C1CCN(S(=O)(=O)c2ccc(Cl)cc2)CC1. The molecule has 1 aliphatic rings. The van der Waals surface area contributed by atoms with E-state index in [0.717, 1.165) is 0 Å². The third-order valence-electron chi connectivity index (χ3n) is 5.53. The van der Waals surface area contributed by atoms with Crippen molar-refractivity contribution in [3.8, 4) is 0 Å². The molecule has 1 unspecified atom stereocenters. The maximum Gasteiger partial charge on any atom is 0.251 e. The summed E-state index contributed by atoms with van der Waals surface area (Å²) in [6.07, 6.45) is 0.791. The zero-order chi connectivity index (χ0) is 24.2. The molecule has 2 aromatic carbocycles. The summed E-state index contributed by atoms with van der Waals surface area (Å²) in [7, 11) is -3.69. The lowest BCUT2D eigenvalue weighted by molar-refractivity contribution is -0.125. The van der Waals surface area contributed by atoms with Gasteiger partial charge in [-0.25, -0.2) is 12.8 Å². The van der Waals surface area contributed by atoms with E-state index in [1.165, 1.54) is 52.8 Å². The monoisotopic (exact) mass is 495 g/mol. The predicted molar refractivity (Wildman–Crippen MR) is 124 cm³/mol. The van der Waals surface area contributed by atoms with Crippen LogP contribution in [0, 0.1) is 11.7 Å². The van der Waals surface area contributed by atoms with Gasteiger partial charge in [-0.1, -0.05) is 11.6 Å². The number of amides is 2. The number of halogens is 2. The van der Waals surface area contributed by atoms with Crippen LogP contribution in [-0.4, -0.2) is 49.7 Å². The molecule has 7 nitrogen and oxygen atoms in total. The molecule has 1 aliphatic heterocycles. The van der Waals surface area contributed by atoms with Gasteiger partial charge in [-0.05, 0) is 81.1 Å². The van der Waals surface area contributed by atoms with Crippen molar-refractivity contribution in [1.29, 1.82) is 0 Å². The second-order valence-electron chi connectivity index (χ2n) is 8.32. The van der Waals surface area contributed by atoms with Gasteiger partial charge in [-0.3, -0.25) is 9.59 Å². The fraction of sp³-hybridized carbons (Fsp3) is 0.391. The molecule has 1 fully saturated rings.